The molecular formula is C19H13Cl2N3O. The SMILES string of the molecule is COc1ccccc1-c1cc(-c2ccc(Cl)cc2Cl)c(C#N)c(N)n1. The van der Waals surface area contributed by atoms with Gasteiger partial charge in [-0.2, -0.15) is 5.26 Å². The molecule has 0 saturated carbocycles. The Kier molecular flexibility index (Phi) is 4.80. The van der Waals surface area contributed by atoms with Crippen molar-refractivity contribution in [2.24, 2.45) is 0 Å². The van der Waals surface area contributed by atoms with Crippen molar-refractivity contribution < 1.29 is 4.74 Å². The van der Waals surface area contributed by atoms with Crippen molar-refractivity contribution in [2.75, 3.05) is 12.8 Å². The van der Waals surface area contributed by atoms with Crippen LogP contribution in [0.3, 0.4) is 0 Å². The normalized spacial score (nSPS) is 10.3. The maximum atomic E-state index is 9.50. The standard InChI is InChI=1S/C19H13Cl2N3O/c1-25-18-5-3-2-4-13(18)17-9-14(15(10-22)19(23)24-17)12-7-6-11(20)8-16(12)21/h2-9H,1H3,(H2,23,24). The van der Waals surface area contributed by atoms with Crippen LogP contribution < -0.4 is 10.5 Å². The number of pyridine rings is 1. The molecule has 0 radical (unpaired) electrons. The number of anilines is 1. The molecule has 0 aliphatic rings. The molecule has 25 heavy (non-hydrogen) atoms. The Morgan fingerprint density at radius 3 is 2.48 bits per heavy atom. The van der Waals surface area contributed by atoms with E-state index in [1.807, 2.05) is 24.3 Å². The summed E-state index contributed by atoms with van der Waals surface area (Å²) < 4.78 is 5.39. The summed E-state index contributed by atoms with van der Waals surface area (Å²) in [5, 5.41) is 10.4. The first-order valence-electron chi connectivity index (χ1n) is 7.34. The molecule has 1 heterocycles. The third-order valence-electron chi connectivity index (χ3n) is 3.76. The smallest absolute Gasteiger partial charge is 0.142 e. The monoisotopic (exact) mass is 369 g/mol. The number of halogens is 2. The van der Waals surface area contributed by atoms with Gasteiger partial charge in [0.05, 0.1) is 12.8 Å². The Hall–Kier alpha value is -2.74. The van der Waals surface area contributed by atoms with Crippen molar-refractivity contribution in [2.45, 2.75) is 0 Å². The quantitative estimate of drug-likeness (QED) is 0.689. The molecule has 0 atom stereocenters. The molecule has 124 valence electrons. The zero-order chi connectivity index (χ0) is 18.0. The predicted octanol–water partition coefficient (Wildman–Crippen LogP) is 5.18. The van der Waals surface area contributed by atoms with E-state index in [0.717, 1.165) is 5.56 Å². The number of nitrogens with zero attached hydrogens (tertiary/aromatic N) is 2. The van der Waals surface area contributed by atoms with Gasteiger partial charge in [0, 0.05) is 26.7 Å². The van der Waals surface area contributed by atoms with Crippen molar-refractivity contribution >= 4 is 29.0 Å². The largest absolute Gasteiger partial charge is 0.496 e. The van der Waals surface area contributed by atoms with Gasteiger partial charge < -0.3 is 10.5 Å². The van der Waals surface area contributed by atoms with Crippen LogP contribution in [0.4, 0.5) is 5.82 Å². The predicted molar refractivity (Wildman–Crippen MR) is 101 cm³/mol. The van der Waals surface area contributed by atoms with Crippen molar-refractivity contribution in [3.05, 3.63) is 64.1 Å². The maximum Gasteiger partial charge on any atom is 0.142 e. The summed E-state index contributed by atoms with van der Waals surface area (Å²) in [6, 6.07) is 16.4. The first-order valence-corrected chi connectivity index (χ1v) is 8.10. The second-order valence-corrected chi connectivity index (χ2v) is 6.10. The molecule has 2 N–H and O–H groups in total. The number of para-hydroxylation sites is 1. The van der Waals surface area contributed by atoms with E-state index in [0.29, 0.717) is 32.6 Å². The molecule has 0 amide bonds. The number of hydrogen-bond acceptors (Lipinski definition) is 4. The number of rotatable bonds is 3. The Bertz CT molecular complexity index is 996. The van der Waals surface area contributed by atoms with E-state index in [1.165, 1.54) is 0 Å². The summed E-state index contributed by atoms with van der Waals surface area (Å²) in [7, 11) is 1.59. The zero-order valence-corrected chi connectivity index (χ0v) is 14.8. The van der Waals surface area contributed by atoms with Crippen LogP contribution in [0.5, 0.6) is 5.75 Å². The maximum absolute atomic E-state index is 9.50. The van der Waals surface area contributed by atoms with Crippen LogP contribution in [0.1, 0.15) is 5.56 Å². The first kappa shape index (κ1) is 17.1. The molecule has 3 rings (SSSR count). The van der Waals surface area contributed by atoms with Gasteiger partial charge >= 0.3 is 0 Å². The summed E-state index contributed by atoms with van der Waals surface area (Å²) in [5.74, 6) is 0.791. The Morgan fingerprint density at radius 2 is 1.80 bits per heavy atom. The lowest BCUT2D eigenvalue weighted by Gasteiger charge is -2.13. The van der Waals surface area contributed by atoms with E-state index >= 15 is 0 Å². The van der Waals surface area contributed by atoms with Gasteiger partial charge in [-0.25, -0.2) is 4.98 Å². The minimum absolute atomic E-state index is 0.131. The van der Waals surface area contributed by atoms with Crippen LogP contribution >= 0.6 is 23.2 Å². The van der Waals surface area contributed by atoms with E-state index < -0.39 is 0 Å². The van der Waals surface area contributed by atoms with E-state index in [4.69, 9.17) is 33.7 Å². The molecule has 0 bridgehead atoms. The number of nitrogens with two attached hydrogens (primary N) is 1. The lowest BCUT2D eigenvalue weighted by molar-refractivity contribution is 0.416. The number of nitrogen functional groups attached to an aromatic ring is 1. The highest BCUT2D eigenvalue weighted by molar-refractivity contribution is 6.36. The molecule has 0 aliphatic heterocycles. The number of ether oxygens (including phenoxy) is 1. The van der Waals surface area contributed by atoms with E-state index in [-0.39, 0.29) is 11.4 Å². The minimum atomic E-state index is 0.131. The van der Waals surface area contributed by atoms with Crippen molar-refractivity contribution in [1.29, 1.82) is 5.26 Å². The number of benzene rings is 2. The van der Waals surface area contributed by atoms with Crippen molar-refractivity contribution in [1.82, 2.24) is 4.98 Å². The second-order valence-electron chi connectivity index (χ2n) is 5.25. The number of hydrogen-bond donors (Lipinski definition) is 1. The van der Waals surface area contributed by atoms with Gasteiger partial charge in [0.15, 0.2) is 0 Å². The van der Waals surface area contributed by atoms with Gasteiger partial charge in [0.25, 0.3) is 0 Å². The average molecular weight is 370 g/mol. The fraction of sp³-hybridized carbons (Fsp3) is 0.0526. The van der Waals surface area contributed by atoms with Gasteiger partial charge in [0.2, 0.25) is 0 Å². The number of aromatic nitrogens is 1. The molecule has 3 aromatic rings. The van der Waals surface area contributed by atoms with E-state index in [9.17, 15) is 5.26 Å². The topological polar surface area (TPSA) is 71.9 Å². The molecule has 0 fully saturated rings. The molecule has 2 aromatic carbocycles. The van der Waals surface area contributed by atoms with Crippen LogP contribution in [0.2, 0.25) is 10.0 Å². The van der Waals surface area contributed by atoms with Gasteiger partial charge in [-0.15, -0.1) is 0 Å². The third kappa shape index (κ3) is 3.25. The number of methoxy groups -OCH3 is 1. The Balaban J connectivity index is 2.29. The van der Waals surface area contributed by atoms with Gasteiger partial charge in [-0.05, 0) is 30.3 Å². The van der Waals surface area contributed by atoms with Crippen LogP contribution in [0.25, 0.3) is 22.4 Å². The first-order chi connectivity index (χ1) is 12.0. The van der Waals surface area contributed by atoms with Gasteiger partial charge in [-0.3, -0.25) is 0 Å². The van der Waals surface area contributed by atoms with Gasteiger partial charge in [0.1, 0.15) is 23.2 Å². The van der Waals surface area contributed by atoms with Crippen molar-refractivity contribution in [3.63, 3.8) is 0 Å². The zero-order valence-electron chi connectivity index (χ0n) is 13.3. The highest BCUT2D eigenvalue weighted by atomic mass is 35.5. The summed E-state index contributed by atoms with van der Waals surface area (Å²) in [4.78, 5) is 4.36. The molecular weight excluding hydrogens is 357 g/mol. The highest BCUT2D eigenvalue weighted by Crippen LogP contribution is 2.38. The molecule has 0 aliphatic carbocycles. The van der Waals surface area contributed by atoms with E-state index in [2.05, 4.69) is 11.1 Å². The van der Waals surface area contributed by atoms with Crippen LogP contribution in [0.15, 0.2) is 48.5 Å². The lowest BCUT2D eigenvalue weighted by atomic mass is 9.98. The van der Waals surface area contributed by atoms with Crippen LogP contribution in [-0.4, -0.2) is 12.1 Å². The fourth-order valence-electron chi connectivity index (χ4n) is 2.60. The molecule has 4 nitrogen and oxygen atoms in total. The average Bonchev–Trinajstić information content (AvgIpc) is 2.61. The summed E-state index contributed by atoms with van der Waals surface area (Å²) >= 11 is 12.3. The molecule has 6 heteroatoms. The second kappa shape index (κ2) is 7.02. The number of nitriles is 1. The fourth-order valence-corrected chi connectivity index (χ4v) is 3.11. The van der Waals surface area contributed by atoms with E-state index in [1.54, 1.807) is 31.4 Å². The summed E-state index contributed by atoms with van der Waals surface area (Å²) in [5.41, 5.74) is 8.92. The Labute approximate surface area is 155 Å². The van der Waals surface area contributed by atoms with Crippen LogP contribution in [-0.2, 0) is 0 Å². The van der Waals surface area contributed by atoms with Gasteiger partial charge in [-0.1, -0.05) is 41.4 Å². The lowest BCUT2D eigenvalue weighted by Crippen LogP contribution is -2.00. The minimum Gasteiger partial charge on any atom is -0.496 e. The Morgan fingerprint density at radius 1 is 1.04 bits per heavy atom. The molecule has 0 unspecified atom stereocenters. The highest BCUT2D eigenvalue weighted by Gasteiger charge is 2.17. The summed E-state index contributed by atoms with van der Waals surface area (Å²) in [6.45, 7) is 0. The van der Waals surface area contributed by atoms with Crippen LogP contribution in [0, 0.1) is 11.3 Å². The molecule has 0 spiro atoms. The molecule has 0 saturated heterocycles. The summed E-state index contributed by atoms with van der Waals surface area (Å²) in [6.07, 6.45) is 0. The van der Waals surface area contributed by atoms with Crippen molar-refractivity contribution in [3.8, 4) is 34.2 Å². The third-order valence-corrected chi connectivity index (χ3v) is 4.31. The molecule has 1 aromatic heterocycles.